The lowest BCUT2D eigenvalue weighted by molar-refractivity contribution is -0.0851. The highest BCUT2D eigenvalue weighted by Crippen LogP contribution is 2.48. The molecular weight excluding hydrogens is 282 g/mol. The normalized spacial score (nSPS) is 30.6. The van der Waals surface area contributed by atoms with Crippen LogP contribution in [0.4, 0.5) is 0 Å². The molecule has 2 atom stereocenters. The van der Waals surface area contributed by atoms with Crippen LogP contribution in [0.5, 0.6) is 0 Å². The standard InChI is InChI=1S/C14H20ClNO2S/c1-9-7-14(4-5-16-9)12-10(3-6-18-14)11(8-17-2)13(15)19-12/h9,16H,3-8H2,1-2H3. The minimum atomic E-state index is -0.113. The van der Waals surface area contributed by atoms with Crippen LogP contribution < -0.4 is 5.32 Å². The van der Waals surface area contributed by atoms with Crippen LogP contribution >= 0.6 is 22.9 Å². The van der Waals surface area contributed by atoms with Gasteiger partial charge >= 0.3 is 0 Å². The van der Waals surface area contributed by atoms with Gasteiger partial charge in [-0.05, 0) is 38.3 Å². The summed E-state index contributed by atoms with van der Waals surface area (Å²) in [5, 5.41) is 3.50. The third kappa shape index (κ3) is 2.34. The Labute approximate surface area is 123 Å². The fourth-order valence-corrected chi connectivity index (χ4v) is 4.99. The summed E-state index contributed by atoms with van der Waals surface area (Å²) in [6.07, 6.45) is 3.03. The van der Waals surface area contributed by atoms with E-state index in [1.807, 2.05) is 0 Å². The third-order valence-electron chi connectivity index (χ3n) is 4.16. The fourth-order valence-electron chi connectivity index (χ4n) is 3.33. The maximum absolute atomic E-state index is 6.42. The van der Waals surface area contributed by atoms with Crippen LogP contribution in [-0.4, -0.2) is 26.3 Å². The van der Waals surface area contributed by atoms with E-state index in [2.05, 4.69) is 12.2 Å². The first-order valence-electron chi connectivity index (χ1n) is 6.83. The summed E-state index contributed by atoms with van der Waals surface area (Å²) in [5.74, 6) is 0. The zero-order chi connectivity index (χ0) is 13.5. The minimum absolute atomic E-state index is 0.113. The number of hydrogen-bond donors (Lipinski definition) is 1. The molecule has 0 aromatic carbocycles. The van der Waals surface area contributed by atoms with E-state index in [0.717, 1.165) is 36.8 Å². The van der Waals surface area contributed by atoms with Crippen LogP contribution in [0, 0.1) is 0 Å². The molecule has 1 fully saturated rings. The average molecular weight is 302 g/mol. The van der Waals surface area contributed by atoms with Crippen molar-refractivity contribution in [1.82, 2.24) is 5.32 Å². The molecule has 0 radical (unpaired) electrons. The van der Waals surface area contributed by atoms with Gasteiger partial charge in [0.2, 0.25) is 0 Å². The molecule has 2 aliphatic heterocycles. The molecule has 3 rings (SSSR count). The lowest BCUT2D eigenvalue weighted by Gasteiger charge is -2.43. The van der Waals surface area contributed by atoms with Crippen LogP contribution in [-0.2, 0) is 28.1 Å². The van der Waals surface area contributed by atoms with Crippen molar-refractivity contribution in [3.63, 3.8) is 0 Å². The molecule has 0 saturated carbocycles. The number of halogens is 1. The van der Waals surface area contributed by atoms with Gasteiger partial charge in [0, 0.05) is 23.6 Å². The maximum atomic E-state index is 6.42. The summed E-state index contributed by atoms with van der Waals surface area (Å²) < 4.78 is 12.4. The fraction of sp³-hybridized carbons (Fsp3) is 0.714. The van der Waals surface area contributed by atoms with Gasteiger partial charge in [-0.25, -0.2) is 0 Å². The predicted octanol–water partition coefficient (Wildman–Crippen LogP) is 3.09. The molecule has 0 bridgehead atoms. The Balaban J connectivity index is 2.02. The molecule has 5 heteroatoms. The summed E-state index contributed by atoms with van der Waals surface area (Å²) in [4.78, 5) is 1.35. The van der Waals surface area contributed by atoms with Crippen molar-refractivity contribution in [1.29, 1.82) is 0 Å². The van der Waals surface area contributed by atoms with Gasteiger partial charge in [0.05, 0.1) is 17.6 Å². The SMILES string of the molecule is COCc1c(Cl)sc2c1CCOC21CCNC(C)C1. The second kappa shape index (κ2) is 5.34. The first-order chi connectivity index (χ1) is 9.16. The van der Waals surface area contributed by atoms with Gasteiger partial charge in [-0.15, -0.1) is 11.3 Å². The van der Waals surface area contributed by atoms with Crippen LogP contribution in [0.2, 0.25) is 4.34 Å². The van der Waals surface area contributed by atoms with Gasteiger partial charge in [0.1, 0.15) is 5.60 Å². The van der Waals surface area contributed by atoms with Crippen molar-refractivity contribution < 1.29 is 9.47 Å². The Hall–Kier alpha value is -0.130. The summed E-state index contributed by atoms with van der Waals surface area (Å²) in [6, 6.07) is 0.492. The monoisotopic (exact) mass is 301 g/mol. The number of piperidine rings is 1. The lowest BCUT2D eigenvalue weighted by atomic mass is 9.82. The second-order valence-corrected chi connectivity index (χ2v) is 7.12. The number of thiophene rings is 1. The van der Waals surface area contributed by atoms with Crippen molar-refractivity contribution >= 4 is 22.9 Å². The van der Waals surface area contributed by atoms with E-state index in [-0.39, 0.29) is 5.60 Å². The van der Waals surface area contributed by atoms with E-state index in [1.165, 1.54) is 16.0 Å². The Morgan fingerprint density at radius 2 is 2.42 bits per heavy atom. The van der Waals surface area contributed by atoms with Crippen LogP contribution in [0.1, 0.15) is 35.8 Å². The minimum Gasteiger partial charge on any atom is -0.380 e. The molecule has 3 heterocycles. The van der Waals surface area contributed by atoms with E-state index < -0.39 is 0 Å². The molecule has 2 unspecified atom stereocenters. The third-order valence-corrected chi connectivity index (χ3v) is 5.87. The molecule has 19 heavy (non-hydrogen) atoms. The Morgan fingerprint density at radius 1 is 1.58 bits per heavy atom. The summed E-state index contributed by atoms with van der Waals surface area (Å²) in [6.45, 7) is 4.64. The molecule has 1 aromatic rings. The molecule has 1 spiro atoms. The van der Waals surface area contributed by atoms with Crippen molar-refractivity contribution in [2.75, 3.05) is 20.3 Å². The summed E-state index contributed by atoms with van der Waals surface area (Å²) >= 11 is 8.12. The van der Waals surface area contributed by atoms with E-state index in [0.29, 0.717) is 12.6 Å². The Bertz CT molecular complexity index is 476. The van der Waals surface area contributed by atoms with Crippen LogP contribution in [0.25, 0.3) is 0 Å². The average Bonchev–Trinajstić information content (AvgIpc) is 2.69. The predicted molar refractivity (Wildman–Crippen MR) is 78.1 cm³/mol. The summed E-state index contributed by atoms with van der Waals surface area (Å²) in [5.41, 5.74) is 2.45. The number of methoxy groups -OCH3 is 1. The zero-order valence-electron chi connectivity index (χ0n) is 11.4. The molecule has 1 N–H and O–H groups in total. The van der Waals surface area contributed by atoms with E-state index in [1.54, 1.807) is 18.4 Å². The van der Waals surface area contributed by atoms with Crippen LogP contribution in [0.15, 0.2) is 0 Å². The lowest BCUT2D eigenvalue weighted by Crippen LogP contribution is -2.48. The largest absolute Gasteiger partial charge is 0.380 e. The van der Waals surface area contributed by atoms with Gasteiger partial charge < -0.3 is 14.8 Å². The van der Waals surface area contributed by atoms with Gasteiger partial charge in [0.25, 0.3) is 0 Å². The van der Waals surface area contributed by atoms with Gasteiger partial charge in [-0.1, -0.05) is 11.6 Å². The van der Waals surface area contributed by atoms with Crippen molar-refractivity contribution in [2.24, 2.45) is 0 Å². The highest BCUT2D eigenvalue weighted by Gasteiger charge is 2.43. The number of hydrogen-bond acceptors (Lipinski definition) is 4. The number of rotatable bonds is 2. The summed E-state index contributed by atoms with van der Waals surface area (Å²) in [7, 11) is 1.72. The number of fused-ring (bicyclic) bond motifs is 2. The Kier molecular flexibility index (Phi) is 3.89. The quantitative estimate of drug-likeness (QED) is 0.910. The molecular formula is C14H20ClNO2S. The molecule has 1 saturated heterocycles. The van der Waals surface area contributed by atoms with Crippen molar-refractivity contribution in [2.45, 2.75) is 44.4 Å². The molecule has 0 amide bonds. The zero-order valence-corrected chi connectivity index (χ0v) is 13.0. The van der Waals surface area contributed by atoms with Gasteiger partial charge in [0.15, 0.2) is 0 Å². The van der Waals surface area contributed by atoms with E-state index in [9.17, 15) is 0 Å². The Morgan fingerprint density at radius 3 is 3.16 bits per heavy atom. The highest BCUT2D eigenvalue weighted by atomic mass is 35.5. The molecule has 3 nitrogen and oxygen atoms in total. The first-order valence-corrected chi connectivity index (χ1v) is 8.02. The maximum Gasteiger partial charge on any atom is 0.105 e. The topological polar surface area (TPSA) is 30.5 Å². The molecule has 2 aliphatic rings. The van der Waals surface area contributed by atoms with E-state index in [4.69, 9.17) is 21.1 Å². The number of ether oxygens (including phenoxy) is 2. The highest BCUT2D eigenvalue weighted by molar-refractivity contribution is 7.16. The van der Waals surface area contributed by atoms with Gasteiger partial charge in [-0.3, -0.25) is 0 Å². The molecule has 106 valence electrons. The van der Waals surface area contributed by atoms with Crippen molar-refractivity contribution in [3.05, 3.63) is 20.3 Å². The smallest absolute Gasteiger partial charge is 0.105 e. The van der Waals surface area contributed by atoms with Crippen molar-refractivity contribution in [3.8, 4) is 0 Å². The number of nitrogens with one attached hydrogen (secondary N) is 1. The second-order valence-electron chi connectivity index (χ2n) is 5.50. The molecule has 1 aromatic heterocycles. The molecule has 0 aliphatic carbocycles. The van der Waals surface area contributed by atoms with Crippen LogP contribution in [0.3, 0.4) is 0 Å². The first kappa shape index (κ1) is 13.8. The van der Waals surface area contributed by atoms with Gasteiger partial charge in [-0.2, -0.15) is 0 Å². The van der Waals surface area contributed by atoms with E-state index >= 15 is 0 Å².